The first-order valence-electron chi connectivity index (χ1n) is 2.37. The standard InChI is InChI=1S/C7H9N/c1-4-6-7(5-2)8-3/h5H,2H2,1,3H3. The number of nitrogens with zero attached hydrogens (tertiary/aromatic N) is 1. The van der Waals surface area contributed by atoms with Crippen LogP contribution in [0.1, 0.15) is 6.92 Å². The van der Waals surface area contributed by atoms with Crippen LogP contribution in [0, 0.1) is 11.8 Å². The first kappa shape index (κ1) is 6.97. The molecule has 0 saturated carbocycles. The van der Waals surface area contributed by atoms with Gasteiger partial charge in [-0.3, -0.25) is 4.99 Å². The van der Waals surface area contributed by atoms with Gasteiger partial charge in [0.1, 0.15) is 5.71 Å². The quantitative estimate of drug-likeness (QED) is 0.353. The normalized spacial score (nSPS) is 9.50. The first-order valence-corrected chi connectivity index (χ1v) is 2.37. The predicted octanol–water partition coefficient (Wildman–Crippen LogP) is 1.27. The van der Waals surface area contributed by atoms with Gasteiger partial charge in [0.05, 0.1) is 0 Å². The molecule has 0 aliphatic heterocycles. The fourth-order valence-corrected chi connectivity index (χ4v) is 0.326. The van der Waals surface area contributed by atoms with Crippen molar-refractivity contribution in [2.75, 3.05) is 7.05 Å². The van der Waals surface area contributed by atoms with Crippen molar-refractivity contribution in [3.05, 3.63) is 12.7 Å². The fraction of sp³-hybridized carbons (Fsp3) is 0.286. The summed E-state index contributed by atoms with van der Waals surface area (Å²) in [5.74, 6) is 5.48. The van der Waals surface area contributed by atoms with E-state index in [-0.39, 0.29) is 0 Å². The van der Waals surface area contributed by atoms with Gasteiger partial charge in [-0.2, -0.15) is 0 Å². The molecule has 0 fully saturated rings. The lowest BCUT2D eigenvalue weighted by atomic mass is 10.4. The van der Waals surface area contributed by atoms with Gasteiger partial charge >= 0.3 is 0 Å². The minimum Gasteiger partial charge on any atom is -0.280 e. The highest BCUT2D eigenvalue weighted by Crippen LogP contribution is 1.73. The van der Waals surface area contributed by atoms with Gasteiger partial charge in [0.2, 0.25) is 0 Å². The minimum absolute atomic E-state index is 0.743. The predicted molar refractivity (Wildman–Crippen MR) is 37.0 cm³/mol. The molecule has 0 aromatic carbocycles. The summed E-state index contributed by atoms with van der Waals surface area (Å²) in [6, 6.07) is 0. The van der Waals surface area contributed by atoms with Gasteiger partial charge in [-0.25, -0.2) is 0 Å². The molecule has 0 N–H and O–H groups in total. The summed E-state index contributed by atoms with van der Waals surface area (Å²) in [5.41, 5.74) is 0.743. The van der Waals surface area contributed by atoms with E-state index in [0.717, 1.165) is 5.71 Å². The SMILES string of the molecule is C=CC(C#CC)=NC. The van der Waals surface area contributed by atoms with Crippen LogP contribution in [0.15, 0.2) is 17.6 Å². The second kappa shape index (κ2) is 4.14. The Morgan fingerprint density at radius 2 is 2.38 bits per heavy atom. The van der Waals surface area contributed by atoms with E-state index in [1.807, 2.05) is 0 Å². The van der Waals surface area contributed by atoms with E-state index in [4.69, 9.17) is 0 Å². The molecule has 0 saturated heterocycles. The van der Waals surface area contributed by atoms with E-state index in [0.29, 0.717) is 0 Å². The monoisotopic (exact) mass is 107 g/mol. The van der Waals surface area contributed by atoms with Crippen molar-refractivity contribution in [2.24, 2.45) is 4.99 Å². The van der Waals surface area contributed by atoms with Crippen molar-refractivity contribution in [3.8, 4) is 11.8 Å². The third kappa shape index (κ3) is 2.20. The molecule has 0 spiro atoms. The Balaban J connectivity index is 4.06. The van der Waals surface area contributed by atoms with Crippen molar-refractivity contribution in [3.63, 3.8) is 0 Å². The summed E-state index contributed by atoms with van der Waals surface area (Å²) in [4.78, 5) is 3.82. The van der Waals surface area contributed by atoms with E-state index in [9.17, 15) is 0 Å². The lowest BCUT2D eigenvalue weighted by molar-refractivity contribution is 1.46. The molecule has 0 bridgehead atoms. The van der Waals surface area contributed by atoms with Gasteiger partial charge < -0.3 is 0 Å². The maximum atomic E-state index is 3.82. The van der Waals surface area contributed by atoms with Crippen molar-refractivity contribution >= 4 is 5.71 Å². The number of hydrogen-bond acceptors (Lipinski definition) is 1. The molecule has 1 heteroatoms. The molecule has 0 amide bonds. The Labute approximate surface area is 50.1 Å². The molecule has 0 aliphatic carbocycles. The number of allylic oxidation sites excluding steroid dienone is 1. The van der Waals surface area contributed by atoms with Crippen molar-refractivity contribution < 1.29 is 0 Å². The summed E-state index contributed by atoms with van der Waals surface area (Å²) in [6.07, 6.45) is 1.64. The zero-order chi connectivity index (χ0) is 6.41. The van der Waals surface area contributed by atoms with Gasteiger partial charge in [0.15, 0.2) is 0 Å². The van der Waals surface area contributed by atoms with Crippen LogP contribution in [0.3, 0.4) is 0 Å². The molecule has 0 aromatic rings. The third-order valence-corrected chi connectivity index (χ3v) is 0.687. The highest BCUT2D eigenvalue weighted by Gasteiger charge is 1.76. The number of hydrogen-bond donors (Lipinski definition) is 0. The molecule has 0 rings (SSSR count). The highest BCUT2D eigenvalue weighted by molar-refractivity contribution is 6.08. The summed E-state index contributed by atoms with van der Waals surface area (Å²) in [5, 5.41) is 0. The Morgan fingerprint density at radius 3 is 2.50 bits per heavy atom. The van der Waals surface area contributed by atoms with Gasteiger partial charge in [0, 0.05) is 7.05 Å². The smallest absolute Gasteiger partial charge is 0.106 e. The molecule has 0 aliphatic rings. The van der Waals surface area contributed by atoms with E-state index in [1.165, 1.54) is 0 Å². The second-order valence-electron chi connectivity index (χ2n) is 1.19. The van der Waals surface area contributed by atoms with Gasteiger partial charge in [-0.15, -0.1) is 0 Å². The fourth-order valence-electron chi connectivity index (χ4n) is 0.326. The van der Waals surface area contributed by atoms with E-state index < -0.39 is 0 Å². The highest BCUT2D eigenvalue weighted by atomic mass is 14.7. The molecule has 8 heavy (non-hydrogen) atoms. The Morgan fingerprint density at radius 1 is 1.75 bits per heavy atom. The van der Waals surface area contributed by atoms with Crippen molar-refractivity contribution in [2.45, 2.75) is 6.92 Å². The van der Waals surface area contributed by atoms with Crippen molar-refractivity contribution in [1.29, 1.82) is 0 Å². The largest absolute Gasteiger partial charge is 0.280 e. The van der Waals surface area contributed by atoms with Crippen LogP contribution in [-0.4, -0.2) is 12.8 Å². The van der Waals surface area contributed by atoms with Crippen LogP contribution >= 0.6 is 0 Å². The average molecular weight is 107 g/mol. The van der Waals surface area contributed by atoms with Crippen LogP contribution in [-0.2, 0) is 0 Å². The van der Waals surface area contributed by atoms with Crippen LogP contribution in [0.2, 0.25) is 0 Å². The minimum atomic E-state index is 0.743. The van der Waals surface area contributed by atoms with E-state index >= 15 is 0 Å². The number of rotatable bonds is 1. The molecular weight excluding hydrogens is 98.1 g/mol. The van der Waals surface area contributed by atoms with Crippen LogP contribution in [0.25, 0.3) is 0 Å². The van der Waals surface area contributed by atoms with Crippen LogP contribution in [0.4, 0.5) is 0 Å². The lowest BCUT2D eigenvalue weighted by Crippen LogP contribution is -1.84. The second-order valence-corrected chi connectivity index (χ2v) is 1.19. The van der Waals surface area contributed by atoms with E-state index in [1.54, 1.807) is 20.0 Å². The maximum absolute atomic E-state index is 3.82. The Bertz CT molecular complexity index is 155. The lowest BCUT2D eigenvalue weighted by Gasteiger charge is -1.79. The van der Waals surface area contributed by atoms with Gasteiger partial charge in [-0.1, -0.05) is 12.5 Å². The van der Waals surface area contributed by atoms with Crippen molar-refractivity contribution in [1.82, 2.24) is 0 Å². The maximum Gasteiger partial charge on any atom is 0.106 e. The molecule has 1 nitrogen and oxygen atoms in total. The molecule has 0 unspecified atom stereocenters. The van der Waals surface area contributed by atoms with Gasteiger partial charge in [0.25, 0.3) is 0 Å². The Hall–Kier alpha value is -1.03. The summed E-state index contributed by atoms with van der Waals surface area (Å²) in [7, 11) is 1.70. The van der Waals surface area contributed by atoms with Gasteiger partial charge in [-0.05, 0) is 18.9 Å². The summed E-state index contributed by atoms with van der Waals surface area (Å²) in [6.45, 7) is 5.29. The molecule has 0 aromatic heterocycles. The van der Waals surface area contributed by atoms with Crippen LogP contribution < -0.4 is 0 Å². The summed E-state index contributed by atoms with van der Waals surface area (Å²) >= 11 is 0. The van der Waals surface area contributed by atoms with Crippen LogP contribution in [0.5, 0.6) is 0 Å². The Kier molecular flexibility index (Phi) is 3.60. The zero-order valence-electron chi connectivity index (χ0n) is 5.23. The molecule has 0 heterocycles. The topological polar surface area (TPSA) is 12.4 Å². The first-order chi connectivity index (χ1) is 3.85. The zero-order valence-corrected chi connectivity index (χ0v) is 5.23. The average Bonchev–Trinajstić information content (AvgIpc) is 1.83. The summed E-state index contributed by atoms with van der Waals surface area (Å²) < 4.78 is 0. The van der Waals surface area contributed by atoms with E-state index in [2.05, 4.69) is 23.4 Å². The molecule has 0 atom stereocenters. The third-order valence-electron chi connectivity index (χ3n) is 0.687. The number of aliphatic imine (C=N–C) groups is 1. The molecule has 0 radical (unpaired) electrons. The molecule has 42 valence electrons. The molecular formula is C7H9N.